The fourth-order valence-electron chi connectivity index (χ4n) is 6.18. The number of hydrogen-bond acceptors (Lipinski definition) is 9. The lowest BCUT2D eigenvalue weighted by Crippen LogP contribution is -2.53. The zero-order valence-corrected chi connectivity index (χ0v) is 25.4. The first kappa shape index (κ1) is 31.0. The van der Waals surface area contributed by atoms with Crippen molar-refractivity contribution in [2.45, 2.75) is 50.2 Å². The summed E-state index contributed by atoms with van der Waals surface area (Å²) in [6.45, 7) is 7.88. The Bertz CT molecular complexity index is 1540. The molecule has 1 amide bonds. The minimum atomic E-state index is -1.86. The third kappa shape index (κ3) is 6.14. The van der Waals surface area contributed by atoms with Crippen LogP contribution in [0.25, 0.3) is 0 Å². The Morgan fingerprint density at radius 3 is 2.50 bits per heavy atom. The van der Waals surface area contributed by atoms with Gasteiger partial charge in [0.25, 0.3) is 5.91 Å². The van der Waals surface area contributed by atoms with Crippen LogP contribution >= 0.6 is 0 Å². The second-order valence-corrected chi connectivity index (χ2v) is 12.1. The van der Waals surface area contributed by atoms with Crippen LogP contribution < -0.4 is 10.5 Å². The Labute approximate surface area is 257 Å². The number of likely N-dealkylation sites (N-methyl/N-ethyl adjacent to an activating group) is 1. The van der Waals surface area contributed by atoms with E-state index in [4.69, 9.17) is 10.5 Å². The highest BCUT2D eigenvalue weighted by Crippen LogP contribution is 2.41. The van der Waals surface area contributed by atoms with Gasteiger partial charge in [-0.25, -0.2) is 4.39 Å². The topological polar surface area (TPSA) is 128 Å². The molecule has 2 aromatic carbocycles. The lowest BCUT2D eigenvalue weighted by atomic mass is 9.81. The average molecular weight is 600 g/mol. The van der Waals surface area contributed by atoms with E-state index in [2.05, 4.69) is 33.1 Å². The van der Waals surface area contributed by atoms with Crippen LogP contribution in [0.2, 0.25) is 0 Å². The van der Waals surface area contributed by atoms with E-state index in [0.29, 0.717) is 25.1 Å². The summed E-state index contributed by atoms with van der Waals surface area (Å²) in [5.74, 6) is -0.823. The van der Waals surface area contributed by atoms with Crippen molar-refractivity contribution in [3.8, 4) is 17.6 Å². The van der Waals surface area contributed by atoms with E-state index in [9.17, 15) is 14.9 Å². The number of para-hydroxylation sites is 1. The second kappa shape index (κ2) is 12.7. The number of nitriles is 1. The molecule has 2 saturated heterocycles. The molecule has 2 atom stereocenters. The van der Waals surface area contributed by atoms with Crippen molar-refractivity contribution in [3.63, 3.8) is 0 Å². The number of nitrogens with two attached hydrogens (primary N) is 1. The summed E-state index contributed by atoms with van der Waals surface area (Å²) in [7, 11) is 2.07. The third-order valence-electron chi connectivity index (χ3n) is 8.76. The van der Waals surface area contributed by atoms with Crippen molar-refractivity contribution in [2.75, 3.05) is 39.8 Å². The molecule has 1 unspecified atom stereocenters. The standard InChI is InChI=1S/C33H38FN7O3/c1-32(2,40-16-14-39(3)15-17-40)20-23(21-35)31(43)41-13-7-8-24(41)18-30(42)33(29(36)22-37-38-33)27-12-11-26(19-28(27)34)44-25-9-5-4-6-10-25/h4-6,9-12,19-20,22,24H,7-8,13-18,36H2,1-3H3/t24-,33?/m0/s1. The van der Waals surface area contributed by atoms with Crippen molar-refractivity contribution in [1.29, 1.82) is 5.26 Å². The van der Waals surface area contributed by atoms with Crippen LogP contribution in [0.1, 0.15) is 38.7 Å². The molecule has 2 fully saturated rings. The van der Waals surface area contributed by atoms with E-state index in [-0.39, 0.29) is 29.0 Å². The highest BCUT2D eigenvalue weighted by atomic mass is 19.1. The van der Waals surface area contributed by atoms with Crippen LogP contribution in [0.3, 0.4) is 0 Å². The van der Waals surface area contributed by atoms with Gasteiger partial charge in [-0.1, -0.05) is 18.2 Å². The maximum Gasteiger partial charge on any atom is 0.264 e. The van der Waals surface area contributed by atoms with E-state index in [0.717, 1.165) is 26.2 Å². The fraction of sp³-hybridized carbons (Fsp3) is 0.424. The number of ketones is 1. The van der Waals surface area contributed by atoms with Gasteiger partial charge < -0.3 is 20.3 Å². The largest absolute Gasteiger partial charge is 0.457 e. The van der Waals surface area contributed by atoms with Gasteiger partial charge in [0.1, 0.15) is 29.0 Å². The minimum Gasteiger partial charge on any atom is -0.457 e. The van der Waals surface area contributed by atoms with Gasteiger partial charge in [0.05, 0.1) is 11.9 Å². The van der Waals surface area contributed by atoms with Crippen LogP contribution in [-0.2, 0) is 15.1 Å². The Hall–Kier alpha value is -4.40. The van der Waals surface area contributed by atoms with E-state index in [1.165, 1.54) is 18.3 Å². The number of rotatable bonds is 9. The molecule has 10 nitrogen and oxygen atoms in total. The maximum atomic E-state index is 15.7. The number of Topliss-reactive ketones (excluding diaryl/α,β-unsaturated/α-hetero) is 1. The molecule has 3 heterocycles. The number of likely N-dealkylation sites (tertiary alicyclic amines) is 1. The van der Waals surface area contributed by atoms with Crippen molar-refractivity contribution in [2.24, 2.45) is 16.0 Å². The van der Waals surface area contributed by atoms with Gasteiger partial charge in [0.15, 0.2) is 5.78 Å². The molecule has 3 aliphatic rings. The predicted molar refractivity (Wildman–Crippen MR) is 163 cm³/mol. The maximum absolute atomic E-state index is 15.7. The number of ether oxygens (including phenoxy) is 1. The van der Waals surface area contributed by atoms with E-state index < -0.39 is 34.6 Å². The van der Waals surface area contributed by atoms with Gasteiger partial charge in [-0.15, -0.1) is 0 Å². The number of carbonyl (C=O) groups is 2. The first-order valence-corrected chi connectivity index (χ1v) is 14.9. The van der Waals surface area contributed by atoms with Gasteiger partial charge >= 0.3 is 0 Å². The fourth-order valence-corrected chi connectivity index (χ4v) is 6.18. The Morgan fingerprint density at radius 1 is 1.14 bits per heavy atom. The van der Waals surface area contributed by atoms with Crippen molar-refractivity contribution in [1.82, 2.24) is 14.7 Å². The van der Waals surface area contributed by atoms with E-state index in [1.807, 2.05) is 19.9 Å². The van der Waals surface area contributed by atoms with Gasteiger partial charge in [0.2, 0.25) is 5.54 Å². The van der Waals surface area contributed by atoms with Crippen LogP contribution in [0.15, 0.2) is 82.3 Å². The Morgan fingerprint density at radius 2 is 1.86 bits per heavy atom. The third-order valence-corrected chi connectivity index (χ3v) is 8.76. The predicted octanol–water partition coefficient (Wildman–Crippen LogP) is 4.51. The molecule has 0 aromatic heterocycles. The number of benzene rings is 2. The zero-order valence-electron chi connectivity index (χ0n) is 25.4. The summed E-state index contributed by atoms with van der Waals surface area (Å²) in [5.41, 5.74) is 3.92. The van der Waals surface area contributed by atoms with Crippen LogP contribution in [-0.4, -0.2) is 77.7 Å². The van der Waals surface area contributed by atoms with Gasteiger partial charge in [0, 0.05) is 62.4 Å². The number of amides is 1. The van der Waals surface area contributed by atoms with Crippen LogP contribution in [0, 0.1) is 17.1 Å². The molecular formula is C33H38FN7O3. The summed E-state index contributed by atoms with van der Waals surface area (Å²) in [5, 5.41) is 18.1. The minimum absolute atomic E-state index is 0.000497. The molecule has 0 spiro atoms. The number of hydrogen-bond donors (Lipinski definition) is 1. The van der Waals surface area contributed by atoms with Gasteiger partial charge in [-0.2, -0.15) is 15.5 Å². The monoisotopic (exact) mass is 599 g/mol. The molecule has 44 heavy (non-hydrogen) atoms. The molecule has 0 saturated carbocycles. The first-order chi connectivity index (χ1) is 21.0. The van der Waals surface area contributed by atoms with E-state index in [1.54, 1.807) is 41.3 Å². The highest BCUT2D eigenvalue weighted by Gasteiger charge is 2.49. The summed E-state index contributed by atoms with van der Waals surface area (Å²) >= 11 is 0. The molecule has 11 heteroatoms. The second-order valence-electron chi connectivity index (χ2n) is 12.1. The Balaban J connectivity index is 1.35. The highest BCUT2D eigenvalue weighted by molar-refractivity contribution is 5.99. The number of carbonyl (C=O) groups excluding carboxylic acids is 2. The number of nitrogens with zero attached hydrogens (tertiary/aromatic N) is 6. The Kier molecular flexibility index (Phi) is 8.95. The summed E-state index contributed by atoms with van der Waals surface area (Å²) in [6.07, 6.45) is 4.09. The first-order valence-electron chi connectivity index (χ1n) is 14.9. The smallest absolute Gasteiger partial charge is 0.264 e. The summed E-state index contributed by atoms with van der Waals surface area (Å²) in [6, 6.07) is 14.7. The van der Waals surface area contributed by atoms with Gasteiger partial charge in [-0.05, 0) is 64.1 Å². The molecule has 3 aliphatic heterocycles. The molecule has 0 bridgehead atoms. The molecule has 2 aromatic rings. The van der Waals surface area contributed by atoms with Gasteiger partial charge in [-0.3, -0.25) is 14.5 Å². The SMILES string of the molecule is CN1CCN(C(C)(C)C=C(C#N)C(=O)N2CCC[C@H]2CC(=O)C2(c3ccc(Oc4ccccc4)cc3F)N=NC=C2N)CC1. The number of azo groups is 1. The van der Waals surface area contributed by atoms with Crippen molar-refractivity contribution >= 4 is 11.7 Å². The quantitative estimate of drug-likeness (QED) is 0.332. The molecule has 0 radical (unpaired) electrons. The lowest BCUT2D eigenvalue weighted by molar-refractivity contribution is -0.129. The molecule has 2 N–H and O–H groups in total. The molecule has 5 rings (SSSR count). The molecular weight excluding hydrogens is 561 g/mol. The number of piperazine rings is 1. The van der Waals surface area contributed by atoms with Crippen molar-refractivity contribution in [3.05, 3.63) is 83.5 Å². The van der Waals surface area contributed by atoms with Crippen LogP contribution in [0.4, 0.5) is 4.39 Å². The summed E-state index contributed by atoms with van der Waals surface area (Å²) in [4.78, 5) is 33.8. The van der Waals surface area contributed by atoms with E-state index >= 15 is 4.39 Å². The number of halogens is 1. The normalized spacial score (nSPS) is 23.0. The zero-order chi connectivity index (χ0) is 31.5. The van der Waals surface area contributed by atoms with Crippen molar-refractivity contribution < 1.29 is 18.7 Å². The average Bonchev–Trinajstić information content (AvgIpc) is 3.63. The van der Waals surface area contributed by atoms with Crippen LogP contribution in [0.5, 0.6) is 11.5 Å². The molecule has 230 valence electrons. The molecule has 0 aliphatic carbocycles. The summed E-state index contributed by atoms with van der Waals surface area (Å²) < 4.78 is 21.4. The lowest BCUT2D eigenvalue weighted by Gasteiger charge is -2.42.